The third-order valence-corrected chi connectivity index (χ3v) is 6.80. The molecule has 3 nitrogen and oxygen atoms in total. The molecule has 2 unspecified atom stereocenters. The molecular weight excluding hydrogens is 484 g/mol. The van der Waals surface area contributed by atoms with Crippen molar-refractivity contribution in [2.75, 3.05) is 6.61 Å². The fourth-order valence-corrected chi connectivity index (χ4v) is 5.11. The Labute approximate surface area is 181 Å². The van der Waals surface area contributed by atoms with Crippen LogP contribution in [0.1, 0.15) is 47.3 Å². The fourth-order valence-electron chi connectivity index (χ4n) is 4.28. The summed E-state index contributed by atoms with van der Waals surface area (Å²) in [5, 5.41) is 10.2. The first-order chi connectivity index (χ1) is 13.4. The van der Waals surface area contributed by atoms with Crippen LogP contribution in [0.3, 0.4) is 0 Å². The Hall–Kier alpha value is -1.85. The number of phenolic OH excluding ortho intramolecular Hbond substituents is 1. The van der Waals surface area contributed by atoms with Crippen molar-refractivity contribution in [2.24, 2.45) is 0 Å². The van der Waals surface area contributed by atoms with Gasteiger partial charge < -0.3 is 9.84 Å². The number of carbonyl (C=O) groups excluding carboxylic acids is 1. The van der Waals surface area contributed by atoms with Crippen LogP contribution < -0.4 is 0 Å². The van der Waals surface area contributed by atoms with Crippen LogP contribution in [0, 0.1) is 0 Å². The van der Waals surface area contributed by atoms with Gasteiger partial charge in [-0.15, -0.1) is 0 Å². The first-order valence-corrected chi connectivity index (χ1v) is 10.9. The Balaban J connectivity index is 1.94. The molecule has 0 saturated carbocycles. The number of benzene rings is 2. The van der Waals surface area contributed by atoms with Gasteiger partial charge in [0.15, 0.2) is 0 Å². The second kappa shape index (κ2) is 7.20. The number of esters is 1. The van der Waals surface area contributed by atoms with Gasteiger partial charge in [-0.3, -0.25) is 0 Å². The molecule has 0 saturated heterocycles. The molecule has 0 heterocycles. The molecule has 2 aliphatic rings. The van der Waals surface area contributed by atoms with E-state index >= 15 is 0 Å². The van der Waals surface area contributed by atoms with Crippen LogP contribution in [0.25, 0.3) is 5.57 Å². The highest BCUT2D eigenvalue weighted by Gasteiger charge is 2.43. The van der Waals surface area contributed by atoms with Gasteiger partial charge in [-0.05, 0) is 72.4 Å². The van der Waals surface area contributed by atoms with Gasteiger partial charge >= 0.3 is 5.97 Å². The Morgan fingerprint density at radius 2 is 2.07 bits per heavy atom. The van der Waals surface area contributed by atoms with Gasteiger partial charge in [0.2, 0.25) is 0 Å². The zero-order chi connectivity index (χ0) is 20.1. The first-order valence-electron chi connectivity index (χ1n) is 9.23. The Morgan fingerprint density at radius 3 is 2.82 bits per heavy atom. The van der Waals surface area contributed by atoms with E-state index in [0.29, 0.717) is 0 Å². The Bertz CT molecular complexity index is 1040. The molecule has 2 aromatic rings. The lowest BCUT2D eigenvalue weighted by molar-refractivity contribution is 0.0523. The number of hydrogen-bond donors (Lipinski definition) is 1. The molecule has 0 aromatic heterocycles. The highest BCUT2D eigenvalue weighted by molar-refractivity contribution is 9.10. The van der Waals surface area contributed by atoms with Crippen LogP contribution in [-0.4, -0.2) is 22.5 Å². The van der Waals surface area contributed by atoms with E-state index in [2.05, 4.69) is 69.1 Å². The van der Waals surface area contributed by atoms with Crippen molar-refractivity contribution in [3.05, 3.63) is 80.8 Å². The van der Waals surface area contributed by atoms with Gasteiger partial charge in [0.25, 0.3) is 0 Å². The van der Waals surface area contributed by atoms with E-state index in [1.165, 1.54) is 22.3 Å². The molecule has 0 spiro atoms. The summed E-state index contributed by atoms with van der Waals surface area (Å²) in [6.07, 6.45) is 5.24. The zero-order valence-corrected chi connectivity index (χ0v) is 18.8. The summed E-state index contributed by atoms with van der Waals surface area (Å²) in [4.78, 5) is 12.6. The third-order valence-electron chi connectivity index (χ3n) is 5.68. The van der Waals surface area contributed by atoms with Crippen molar-refractivity contribution in [1.82, 2.24) is 0 Å². The van der Waals surface area contributed by atoms with Crippen LogP contribution in [0.4, 0.5) is 0 Å². The maximum Gasteiger partial charge on any atom is 0.341 e. The van der Waals surface area contributed by atoms with E-state index in [-0.39, 0.29) is 22.7 Å². The van der Waals surface area contributed by atoms with E-state index in [1.807, 2.05) is 6.07 Å². The van der Waals surface area contributed by atoms with E-state index in [9.17, 15) is 9.90 Å². The van der Waals surface area contributed by atoms with Gasteiger partial charge in [-0.2, -0.15) is 0 Å². The number of alkyl halides is 1. The predicted molar refractivity (Wildman–Crippen MR) is 118 cm³/mol. The van der Waals surface area contributed by atoms with Gasteiger partial charge in [0, 0.05) is 14.7 Å². The second-order valence-corrected chi connectivity index (χ2v) is 9.33. The van der Waals surface area contributed by atoms with Crippen LogP contribution in [0.5, 0.6) is 5.75 Å². The lowest BCUT2D eigenvalue weighted by atomic mass is 9.71. The summed E-state index contributed by atoms with van der Waals surface area (Å²) >= 11 is 7.34. The monoisotopic (exact) mass is 502 g/mol. The molecule has 2 atom stereocenters. The number of hydrogen-bond acceptors (Lipinski definition) is 3. The number of carbonyl (C=O) groups is 1. The molecule has 2 aromatic carbocycles. The molecule has 1 N–H and O–H groups in total. The molecule has 5 heteroatoms. The molecule has 0 fully saturated rings. The fraction of sp³-hybridized carbons (Fsp3) is 0.261. The Kier molecular flexibility index (Phi) is 5.00. The van der Waals surface area contributed by atoms with Crippen molar-refractivity contribution >= 4 is 43.4 Å². The van der Waals surface area contributed by atoms with E-state index in [0.717, 1.165) is 16.5 Å². The lowest BCUT2D eigenvalue weighted by Gasteiger charge is -2.33. The summed E-state index contributed by atoms with van der Waals surface area (Å²) in [6.45, 7) is 4.22. The second-order valence-electron chi connectivity index (χ2n) is 7.24. The minimum atomic E-state index is -0.506. The van der Waals surface area contributed by atoms with Crippen molar-refractivity contribution in [1.29, 1.82) is 0 Å². The largest absolute Gasteiger partial charge is 0.507 e. The summed E-state index contributed by atoms with van der Waals surface area (Å²) in [5.74, 6) is -0.566. The number of halogens is 2. The standard InChI is InChI=1S/C23H20Br2O3/c1-3-28-22(27)18-10-13(4-9-21(18)26)23(2)19-11-14(24)5-7-16(19)17-8-6-15(25)12-20(17)23/h4-11,15,26H,3,12H2,1-2H3. The van der Waals surface area contributed by atoms with Crippen LogP contribution >= 0.6 is 31.9 Å². The quantitative estimate of drug-likeness (QED) is 0.405. The molecule has 4 rings (SSSR count). The predicted octanol–water partition coefficient (Wildman–Crippen LogP) is 6.13. The van der Waals surface area contributed by atoms with Crippen LogP contribution in [0.2, 0.25) is 0 Å². The maximum absolute atomic E-state index is 12.4. The summed E-state index contributed by atoms with van der Waals surface area (Å²) in [7, 11) is 0. The molecule has 0 amide bonds. The number of allylic oxidation sites excluding steroid dienone is 4. The summed E-state index contributed by atoms with van der Waals surface area (Å²) < 4.78 is 6.15. The molecule has 144 valence electrons. The lowest BCUT2D eigenvalue weighted by Crippen LogP contribution is -2.26. The number of phenols is 1. The summed E-state index contributed by atoms with van der Waals surface area (Å²) in [6, 6.07) is 11.6. The minimum absolute atomic E-state index is 0.0608. The summed E-state index contributed by atoms with van der Waals surface area (Å²) in [5.41, 5.74) is 5.72. The van der Waals surface area contributed by atoms with E-state index in [4.69, 9.17) is 4.74 Å². The third kappa shape index (κ3) is 2.96. The molecule has 0 radical (unpaired) electrons. The Morgan fingerprint density at radius 1 is 1.29 bits per heavy atom. The van der Waals surface area contributed by atoms with Gasteiger partial charge in [-0.1, -0.05) is 56.1 Å². The first kappa shape index (κ1) is 19.5. The number of ether oxygens (including phenoxy) is 1. The van der Waals surface area contributed by atoms with Crippen LogP contribution in [0.15, 0.2) is 58.6 Å². The van der Waals surface area contributed by atoms with Crippen molar-refractivity contribution in [3.63, 3.8) is 0 Å². The average Bonchev–Trinajstić information content (AvgIpc) is 2.91. The highest BCUT2D eigenvalue weighted by atomic mass is 79.9. The number of rotatable bonds is 3. The topological polar surface area (TPSA) is 46.5 Å². The van der Waals surface area contributed by atoms with Gasteiger partial charge in [0.1, 0.15) is 11.3 Å². The van der Waals surface area contributed by atoms with Crippen LogP contribution in [-0.2, 0) is 10.2 Å². The zero-order valence-electron chi connectivity index (χ0n) is 15.6. The molecule has 2 aliphatic carbocycles. The smallest absolute Gasteiger partial charge is 0.341 e. The molecule has 0 bridgehead atoms. The number of aromatic hydroxyl groups is 1. The molecule has 28 heavy (non-hydrogen) atoms. The maximum atomic E-state index is 12.4. The van der Waals surface area contributed by atoms with E-state index in [1.54, 1.807) is 19.1 Å². The van der Waals surface area contributed by atoms with Crippen molar-refractivity contribution in [2.45, 2.75) is 30.5 Å². The minimum Gasteiger partial charge on any atom is -0.507 e. The SMILES string of the molecule is CCOC(=O)c1cc(C2(C)C3=C(C=CC(Br)C3)c3ccc(Br)cc32)ccc1O. The van der Waals surface area contributed by atoms with Gasteiger partial charge in [-0.25, -0.2) is 4.79 Å². The molecule has 0 aliphatic heterocycles. The van der Waals surface area contributed by atoms with E-state index < -0.39 is 11.4 Å². The highest BCUT2D eigenvalue weighted by Crippen LogP contribution is 2.55. The molecular formula is C23H20Br2O3. The van der Waals surface area contributed by atoms with Crippen molar-refractivity contribution in [3.8, 4) is 5.75 Å². The normalized spacial score (nSPS) is 22.8. The van der Waals surface area contributed by atoms with Crippen molar-refractivity contribution < 1.29 is 14.6 Å². The average molecular weight is 504 g/mol. The van der Waals surface area contributed by atoms with Gasteiger partial charge in [0.05, 0.1) is 6.61 Å². The number of fused-ring (bicyclic) bond motifs is 2.